The minimum absolute atomic E-state index is 0.780. The molecule has 0 aliphatic carbocycles. The van der Waals surface area contributed by atoms with Crippen LogP contribution in [0.2, 0.25) is 0 Å². The first kappa shape index (κ1) is 6.38. The van der Waals surface area contributed by atoms with Gasteiger partial charge < -0.3 is 0 Å². The largest absolute Gasteiger partial charge is 0.146 e. The van der Waals surface area contributed by atoms with Crippen LogP contribution in [-0.2, 0) is 0 Å². The minimum Gasteiger partial charge on any atom is -0.146 e. The standard InChI is InChI=1S/C2H6NOPS/c1-2-5(6)3-4/h6H,2H2,1H3. The summed E-state index contributed by atoms with van der Waals surface area (Å²) in [6.45, 7) is 1.89. The van der Waals surface area contributed by atoms with E-state index in [0.29, 0.717) is 0 Å². The van der Waals surface area contributed by atoms with E-state index < -0.39 is 7.27 Å². The predicted octanol–water partition coefficient (Wildman–Crippen LogP) is 2.01. The molecule has 0 aromatic rings. The molecule has 1 unspecified atom stereocenters. The van der Waals surface area contributed by atoms with Crippen molar-refractivity contribution in [3.63, 3.8) is 0 Å². The van der Waals surface area contributed by atoms with Crippen molar-refractivity contribution in [3.8, 4) is 0 Å². The van der Waals surface area contributed by atoms with Gasteiger partial charge in [0.1, 0.15) is 7.27 Å². The van der Waals surface area contributed by atoms with Gasteiger partial charge in [-0.3, -0.25) is 0 Å². The second kappa shape index (κ2) is 3.57. The molecule has 0 aliphatic heterocycles. The zero-order valence-electron chi connectivity index (χ0n) is 3.46. The summed E-state index contributed by atoms with van der Waals surface area (Å²) in [6, 6.07) is 0. The highest BCUT2D eigenvalue weighted by atomic mass is 32.7. The van der Waals surface area contributed by atoms with Crippen molar-refractivity contribution in [3.05, 3.63) is 4.91 Å². The maximum absolute atomic E-state index is 9.44. The smallest absolute Gasteiger partial charge is 0.121 e. The van der Waals surface area contributed by atoms with Gasteiger partial charge in [-0.25, -0.2) is 0 Å². The lowest BCUT2D eigenvalue weighted by atomic mass is 11.0. The van der Waals surface area contributed by atoms with Gasteiger partial charge in [-0.05, 0) is 11.1 Å². The molecule has 0 rings (SSSR count). The van der Waals surface area contributed by atoms with Crippen molar-refractivity contribution in [1.29, 1.82) is 0 Å². The highest BCUT2D eigenvalue weighted by Gasteiger charge is 1.91. The van der Waals surface area contributed by atoms with Gasteiger partial charge in [-0.15, -0.1) is 17.2 Å². The van der Waals surface area contributed by atoms with E-state index in [1.54, 1.807) is 0 Å². The Morgan fingerprint density at radius 1 is 2.00 bits per heavy atom. The summed E-state index contributed by atoms with van der Waals surface area (Å²) in [5, 5.41) is 0. The van der Waals surface area contributed by atoms with E-state index >= 15 is 0 Å². The molecule has 6 heavy (non-hydrogen) atoms. The predicted molar refractivity (Wildman–Crippen MR) is 32.2 cm³/mol. The fourth-order valence-electron chi connectivity index (χ4n) is 0.0577. The fraction of sp³-hybridized carbons (Fsp3) is 1.00. The van der Waals surface area contributed by atoms with E-state index in [4.69, 9.17) is 0 Å². The normalized spacial score (nSPS) is 13.7. The van der Waals surface area contributed by atoms with E-state index in [9.17, 15) is 4.91 Å². The Hall–Kier alpha value is 0.380. The topological polar surface area (TPSA) is 29.4 Å². The minimum atomic E-state index is -0.812. The lowest BCUT2D eigenvalue weighted by Gasteiger charge is -1.87. The van der Waals surface area contributed by atoms with Crippen LogP contribution in [0.4, 0.5) is 0 Å². The molecular weight excluding hydrogens is 117 g/mol. The average Bonchev–Trinajstić information content (AvgIpc) is 1.65. The Bertz CT molecular complexity index is 50.8. The molecule has 0 saturated heterocycles. The second-order valence-corrected chi connectivity index (χ2v) is 3.70. The Kier molecular flexibility index (Phi) is 3.79. The van der Waals surface area contributed by atoms with Crippen LogP contribution >= 0.6 is 19.5 Å². The van der Waals surface area contributed by atoms with Gasteiger partial charge >= 0.3 is 0 Å². The number of thiol groups is 1. The lowest BCUT2D eigenvalue weighted by molar-refractivity contribution is 1.50. The maximum atomic E-state index is 9.44. The van der Waals surface area contributed by atoms with E-state index in [1.165, 1.54) is 0 Å². The first-order valence-corrected chi connectivity index (χ1v) is 4.24. The van der Waals surface area contributed by atoms with E-state index in [0.717, 1.165) is 6.16 Å². The van der Waals surface area contributed by atoms with Crippen molar-refractivity contribution >= 4 is 19.5 Å². The molecule has 36 valence electrons. The van der Waals surface area contributed by atoms with Crippen LogP contribution < -0.4 is 0 Å². The Morgan fingerprint density at radius 2 is 2.50 bits per heavy atom. The van der Waals surface area contributed by atoms with Gasteiger partial charge in [0.25, 0.3) is 0 Å². The molecule has 0 spiro atoms. The highest BCUT2D eigenvalue weighted by molar-refractivity contribution is 8.44. The number of nitrogens with zero attached hydrogens (tertiary/aromatic N) is 1. The molecule has 4 heteroatoms. The second-order valence-electron chi connectivity index (χ2n) is 0.770. The van der Waals surface area contributed by atoms with E-state index in [2.05, 4.69) is 17.2 Å². The summed E-state index contributed by atoms with van der Waals surface area (Å²) in [6.07, 6.45) is 0.780. The van der Waals surface area contributed by atoms with Crippen molar-refractivity contribution in [2.75, 3.05) is 6.16 Å². The van der Waals surface area contributed by atoms with Gasteiger partial charge in [-0.2, -0.15) is 0 Å². The zero-order valence-corrected chi connectivity index (χ0v) is 5.25. The van der Waals surface area contributed by atoms with Crippen molar-refractivity contribution in [2.45, 2.75) is 6.92 Å². The van der Waals surface area contributed by atoms with Gasteiger partial charge in [0, 0.05) is 0 Å². The molecule has 0 heterocycles. The van der Waals surface area contributed by atoms with Crippen LogP contribution in [0.5, 0.6) is 0 Å². The maximum Gasteiger partial charge on any atom is 0.121 e. The first-order valence-electron chi connectivity index (χ1n) is 1.61. The highest BCUT2D eigenvalue weighted by Crippen LogP contribution is 2.40. The quantitative estimate of drug-likeness (QED) is 0.339. The number of nitroso groups, excluding NO2 is 1. The Morgan fingerprint density at radius 3 is 2.50 bits per heavy atom. The third-order valence-electron chi connectivity index (χ3n) is 0.377. The fourth-order valence-corrected chi connectivity index (χ4v) is 0.173. The summed E-state index contributed by atoms with van der Waals surface area (Å²) in [5.74, 6) is 0. The molecule has 0 radical (unpaired) electrons. The molecule has 2 nitrogen and oxygen atoms in total. The SMILES string of the molecule is CCP(S)N=O. The van der Waals surface area contributed by atoms with Crippen molar-refractivity contribution in [2.24, 2.45) is 4.95 Å². The molecule has 0 aliphatic rings. The van der Waals surface area contributed by atoms with Crippen LogP contribution in [0.3, 0.4) is 0 Å². The summed E-state index contributed by atoms with van der Waals surface area (Å²) in [4.78, 5) is 12.1. The summed E-state index contributed by atoms with van der Waals surface area (Å²) in [5.41, 5.74) is 0. The molecule has 0 N–H and O–H groups in total. The van der Waals surface area contributed by atoms with Crippen LogP contribution in [0.1, 0.15) is 6.92 Å². The third kappa shape index (κ3) is 2.61. The first-order chi connectivity index (χ1) is 2.81. The molecule has 0 bridgehead atoms. The van der Waals surface area contributed by atoms with Gasteiger partial charge in [0.15, 0.2) is 0 Å². The molecule has 0 aromatic carbocycles. The lowest BCUT2D eigenvalue weighted by Crippen LogP contribution is -1.57. The number of hydrogen-bond donors (Lipinski definition) is 1. The van der Waals surface area contributed by atoms with Crippen LogP contribution in [0.25, 0.3) is 0 Å². The molecule has 1 atom stereocenters. The molecule has 0 fully saturated rings. The summed E-state index contributed by atoms with van der Waals surface area (Å²) < 4.78 is 0. The monoisotopic (exact) mass is 123 g/mol. The number of hydrogen-bond acceptors (Lipinski definition) is 3. The van der Waals surface area contributed by atoms with Crippen LogP contribution in [0, 0.1) is 4.91 Å². The van der Waals surface area contributed by atoms with Crippen LogP contribution in [0.15, 0.2) is 4.95 Å². The van der Waals surface area contributed by atoms with E-state index in [1.807, 2.05) is 6.92 Å². The van der Waals surface area contributed by atoms with Gasteiger partial charge in [0.2, 0.25) is 0 Å². The Balaban J connectivity index is 2.96. The van der Waals surface area contributed by atoms with Crippen LogP contribution in [-0.4, -0.2) is 6.16 Å². The molecular formula is C2H6NOPS. The van der Waals surface area contributed by atoms with Crippen molar-refractivity contribution < 1.29 is 0 Å². The van der Waals surface area contributed by atoms with E-state index in [-0.39, 0.29) is 0 Å². The molecule has 0 aromatic heterocycles. The van der Waals surface area contributed by atoms with Gasteiger partial charge in [0.05, 0.1) is 0 Å². The Labute approximate surface area is 43.3 Å². The van der Waals surface area contributed by atoms with Crippen molar-refractivity contribution in [1.82, 2.24) is 0 Å². The number of rotatable bonds is 2. The summed E-state index contributed by atoms with van der Waals surface area (Å²) >= 11 is 3.82. The molecule has 0 saturated carbocycles. The third-order valence-corrected chi connectivity index (χ3v) is 2.20. The zero-order chi connectivity index (χ0) is 4.99. The van der Waals surface area contributed by atoms with Gasteiger partial charge in [-0.1, -0.05) is 6.92 Å². The average molecular weight is 123 g/mol. The molecule has 0 amide bonds. The summed E-state index contributed by atoms with van der Waals surface area (Å²) in [7, 11) is -0.812.